The fourth-order valence-corrected chi connectivity index (χ4v) is 1.64. The van der Waals surface area contributed by atoms with Gasteiger partial charge in [0, 0.05) is 6.04 Å². The molecule has 2 atom stereocenters. The van der Waals surface area contributed by atoms with Gasteiger partial charge in [0.15, 0.2) is 0 Å². The average molecular weight is 157 g/mol. The van der Waals surface area contributed by atoms with Crippen molar-refractivity contribution in [3.05, 3.63) is 0 Å². The molecule has 0 fully saturated rings. The highest BCUT2D eigenvalue weighted by Crippen LogP contribution is 2.22. The molecule has 1 unspecified atom stereocenters. The molecule has 1 heteroatoms. The molecule has 0 saturated carbocycles. The van der Waals surface area contributed by atoms with Crippen LogP contribution in [0.2, 0.25) is 0 Å². The van der Waals surface area contributed by atoms with Gasteiger partial charge < -0.3 is 5.73 Å². The van der Waals surface area contributed by atoms with Crippen molar-refractivity contribution < 1.29 is 0 Å². The summed E-state index contributed by atoms with van der Waals surface area (Å²) in [5, 5.41) is 0. The zero-order valence-electron chi connectivity index (χ0n) is 8.59. The standard InChI is InChI=1S/C10H23N/c1-7(2)6-10(8(3)4)9(5)11/h7-10H,6,11H2,1-5H3/t9-,10?/m0/s1. The van der Waals surface area contributed by atoms with Gasteiger partial charge in [-0.05, 0) is 31.1 Å². The van der Waals surface area contributed by atoms with E-state index in [9.17, 15) is 0 Å². The van der Waals surface area contributed by atoms with Crippen molar-refractivity contribution in [1.82, 2.24) is 0 Å². The van der Waals surface area contributed by atoms with Crippen molar-refractivity contribution in [2.24, 2.45) is 23.5 Å². The van der Waals surface area contributed by atoms with E-state index in [2.05, 4.69) is 34.6 Å². The third-order valence-electron chi connectivity index (χ3n) is 2.28. The molecular formula is C10H23N. The molecule has 0 spiro atoms. The summed E-state index contributed by atoms with van der Waals surface area (Å²) in [6.45, 7) is 11.2. The van der Waals surface area contributed by atoms with Crippen LogP contribution in [0.1, 0.15) is 41.0 Å². The molecule has 11 heavy (non-hydrogen) atoms. The molecule has 0 aromatic rings. The Balaban J connectivity index is 3.90. The molecular weight excluding hydrogens is 134 g/mol. The maximum atomic E-state index is 5.89. The first-order valence-corrected chi connectivity index (χ1v) is 4.70. The topological polar surface area (TPSA) is 26.0 Å². The molecule has 0 aromatic carbocycles. The minimum atomic E-state index is 0.345. The molecule has 0 aliphatic heterocycles. The second-order valence-corrected chi connectivity index (χ2v) is 4.40. The van der Waals surface area contributed by atoms with Crippen LogP contribution in [0.3, 0.4) is 0 Å². The van der Waals surface area contributed by atoms with Gasteiger partial charge in [-0.2, -0.15) is 0 Å². The van der Waals surface area contributed by atoms with Crippen LogP contribution < -0.4 is 5.73 Å². The number of hydrogen-bond donors (Lipinski definition) is 1. The molecule has 0 aromatic heterocycles. The Hall–Kier alpha value is -0.0400. The monoisotopic (exact) mass is 157 g/mol. The maximum Gasteiger partial charge on any atom is 0.00413 e. The first-order chi connectivity index (χ1) is 4.95. The molecule has 1 nitrogen and oxygen atoms in total. The Morgan fingerprint density at radius 2 is 1.45 bits per heavy atom. The minimum absolute atomic E-state index is 0.345. The molecule has 0 aliphatic carbocycles. The Morgan fingerprint density at radius 1 is 1.00 bits per heavy atom. The van der Waals surface area contributed by atoms with E-state index in [-0.39, 0.29) is 0 Å². The van der Waals surface area contributed by atoms with Gasteiger partial charge in [-0.15, -0.1) is 0 Å². The quantitative estimate of drug-likeness (QED) is 0.667. The van der Waals surface area contributed by atoms with E-state index in [1.165, 1.54) is 6.42 Å². The summed E-state index contributed by atoms with van der Waals surface area (Å²) >= 11 is 0. The van der Waals surface area contributed by atoms with Crippen LogP contribution in [-0.4, -0.2) is 6.04 Å². The van der Waals surface area contributed by atoms with Gasteiger partial charge in [0.25, 0.3) is 0 Å². The van der Waals surface area contributed by atoms with Gasteiger partial charge in [-0.25, -0.2) is 0 Å². The lowest BCUT2D eigenvalue weighted by Gasteiger charge is -2.26. The summed E-state index contributed by atoms with van der Waals surface area (Å²) < 4.78 is 0. The van der Waals surface area contributed by atoms with E-state index in [1.54, 1.807) is 0 Å². The van der Waals surface area contributed by atoms with E-state index in [0.29, 0.717) is 12.0 Å². The van der Waals surface area contributed by atoms with E-state index in [0.717, 1.165) is 11.8 Å². The van der Waals surface area contributed by atoms with Crippen molar-refractivity contribution >= 4 is 0 Å². The molecule has 0 aliphatic rings. The lowest BCUT2D eigenvalue weighted by atomic mass is 9.83. The summed E-state index contributed by atoms with van der Waals surface area (Å²) in [6.07, 6.45) is 1.26. The second-order valence-electron chi connectivity index (χ2n) is 4.40. The molecule has 2 N–H and O–H groups in total. The van der Waals surface area contributed by atoms with E-state index in [1.807, 2.05) is 0 Å². The fourth-order valence-electron chi connectivity index (χ4n) is 1.64. The summed E-state index contributed by atoms with van der Waals surface area (Å²) in [4.78, 5) is 0. The Bertz CT molecular complexity index is 87.0. The third kappa shape index (κ3) is 4.41. The summed E-state index contributed by atoms with van der Waals surface area (Å²) in [5.74, 6) is 2.18. The van der Waals surface area contributed by atoms with Crippen molar-refractivity contribution in [1.29, 1.82) is 0 Å². The van der Waals surface area contributed by atoms with E-state index >= 15 is 0 Å². The van der Waals surface area contributed by atoms with Crippen molar-refractivity contribution in [3.63, 3.8) is 0 Å². The highest BCUT2D eigenvalue weighted by molar-refractivity contribution is 4.72. The molecule has 0 bridgehead atoms. The second kappa shape index (κ2) is 4.76. The van der Waals surface area contributed by atoms with Crippen molar-refractivity contribution in [2.75, 3.05) is 0 Å². The fraction of sp³-hybridized carbons (Fsp3) is 1.00. The molecule has 0 radical (unpaired) electrons. The number of hydrogen-bond acceptors (Lipinski definition) is 1. The lowest BCUT2D eigenvalue weighted by molar-refractivity contribution is 0.277. The zero-order valence-corrected chi connectivity index (χ0v) is 8.59. The van der Waals surface area contributed by atoms with Gasteiger partial charge in [0.1, 0.15) is 0 Å². The van der Waals surface area contributed by atoms with Crippen LogP contribution >= 0.6 is 0 Å². The van der Waals surface area contributed by atoms with Crippen LogP contribution in [-0.2, 0) is 0 Å². The number of rotatable bonds is 4. The van der Waals surface area contributed by atoms with Crippen LogP contribution in [0.5, 0.6) is 0 Å². The summed E-state index contributed by atoms with van der Waals surface area (Å²) in [6, 6.07) is 0.345. The van der Waals surface area contributed by atoms with Gasteiger partial charge in [-0.3, -0.25) is 0 Å². The van der Waals surface area contributed by atoms with Gasteiger partial charge in [0.2, 0.25) is 0 Å². The molecule has 0 rings (SSSR count). The highest BCUT2D eigenvalue weighted by atomic mass is 14.6. The summed E-state index contributed by atoms with van der Waals surface area (Å²) in [7, 11) is 0. The average Bonchev–Trinajstić information content (AvgIpc) is 1.81. The SMILES string of the molecule is CC(C)CC(C(C)C)[C@H](C)N. The predicted molar refractivity (Wildman–Crippen MR) is 51.4 cm³/mol. The van der Waals surface area contributed by atoms with E-state index in [4.69, 9.17) is 5.73 Å². The van der Waals surface area contributed by atoms with Crippen LogP contribution in [0.4, 0.5) is 0 Å². The first kappa shape index (κ1) is 11.0. The van der Waals surface area contributed by atoms with Gasteiger partial charge in [0.05, 0.1) is 0 Å². The van der Waals surface area contributed by atoms with E-state index < -0.39 is 0 Å². The Morgan fingerprint density at radius 3 is 1.55 bits per heavy atom. The first-order valence-electron chi connectivity index (χ1n) is 4.70. The van der Waals surface area contributed by atoms with Crippen molar-refractivity contribution in [2.45, 2.75) is 47.1 Å². The van der Waals surface area contributed by atoms with Crippen LogP contribution in [0, 0.1) is 17.8 Å². The largest absolute Gasteiger partial charge is 0.328 e. The Kier molecular flexibility index (Phi) is 4.74. The van der Waals surface area contributed by atoms with Gasteiger partial charge >= 0.3 is 0 Å². The smallest absolute Gasteiger partial charge is 0.00413 e. The maximum absolute atomic E-state index is 5.89. The summed E-state index contributed by atoms with van der Waals surface area (Å²) in [5.41, 5.74) is 5.89. The van der Waals surface area contributed by atoms with Crippen molar-refractivity contribution in [3.8, 4) is 0 Å². The van der Waals surface area contributed by atoms with Crippen LogP contribution in [0.25, 0.3) is 0 Å². The normalized spacial score (nSPS) is 17.5. The zero-order chi connectivity index (χ0) is 9.02. The van der Waals surface area contributed by atoms with Gasteiger partial charge in [-0.1, -0.05) is 27.7 Å². The molecule has 68 valence electrons. The third-order valence-corrected chi connectivity index (χ3v) is 2.28. The molecule has 0 amide bonds. The Labute approximate surface area is 71.4 Å². The van der Waals surface area contributed by atoms with Crippen LogP contribution in [0.15, 0.2) is 0 Å². The minimum Gasteiger partial charge on any atom is -0.328 e. The number of nitrogens with two attached hydrogens (primary N) is 1. The molecule has 0 heterocycles. The lowest BCUT2D eigenvalue weighted by Crippen LogP contribution is -2.31. The predicted octanol–water partition coefficient (Wildman–Crippen LogP) is 2.65. The highest BCUT2D eigenvalue weighted by Gasteiger charge is 2.18. The molecule has 0 saturated heterocycles.